The molecule has 0 radical (unpaired) electrons. The molecule has 18 heavy (non-hydrogen) atoms. The first-order chi connectivity index (χ1) is 8.69. The molecular weight excluding hydrogens is 232 g/mol. The summed E-state index contributed by atoms with van der Waals surface area (Å²) in [5, 5.41) is 0. The Morgan fingerprint density at radius 1 is 1.33 bits per heavy atom. The molecule has 1 aliphatic carbocycles. The Bertz CT molecular complexity index is 499. The van der Waals surface area contributed by atoms with E-state index in [4.69, 9.17) is 10.5 Å². The molecule has 5 heteroatoms. The molecule has 2 unspecified atom stereocenters. The number of carbonyl (C=O) groups is 2. The third-order valence-electron chi connectivity index (χ3n) is 3.61. The average molecular weight is 246 g/mol. The van der Waals surface area contributed by atoms with E-state index >= 15 is 0 Å². The Balaban J connectivity index is 2.11. The minimum Gasteiger partial charge on any atom is -0.495 e. The highest BCUT2D eigenvalue weighted by Crippen LogP contribution is 2.50. The summed E-state index contributed by atoms with van der Waals surface area (Å²) in [7, 11) is 1.52. The molecule has 2 N–H and O–H groups in total. The minimum absolute atomic E-state index is 0.118. The van der Waals surface area contributed by atoms with Crippen LogP contribution in [0, 0.1) is 11.8 Å². The topological polar surface area (TPSA) is 72.6 Å². The molecule has 2 fully saturated rings. The first-order valence-electron chi connectivity index (χ1n) is 5.92. The van der Waals surface area contributed by atoms with Crippen LogP contribution in [-0.4, -0.2) is 18.9 Å². The summed E-state index contributed by atoms with van der Waals surface area (Å²) in [5.74, 6) is 0.0374. The van der Waals surface area contributed by atoms with Crippen molar-refractivity contribution in [2.75, 3.05) is 12.0 Å². The van der Waals surface area contributed by atoms with Crippen molar-refractivity contribution < 1.29 is 14.3 Å². The monoisotopic (exact) mass is 246 g/mol. The lowest BCUT2D eigenvalue weighted by atomic mass is 10.1. The predicted octanol–water partition coefficient (Wildman–Crippen LogP) is 0.663. The van der Waals surface area contributed by atoms with E-state index in [-0.39, 0.29) is 30.2 Å². The fourth-order valence-corrected chi connectivity index (χ4v) is 2.55. The maximum atomic E-state index is 12.1. The van der Waals surface area contributed by atoms with E-state index in [0.29, 0.717) is 17.9 Å². The summed E-state index contributed by atoms with van der Waals surface area (Å²) in [6, 6.07) is 5.34. The van der Waals surface area contributed by atoms with Crippen LogP contribution in [0.1, 0.15) is 12.0 Å². The molecule has 2 atom stereocenters. The van der Waals surface area contributed by atoms with Crippen molar-refractivity contribution in [3.8, 4) is 5.75 Å². The number of methoxy groups -OCH3 is 1. The average Bonchev–Trinajstić information content (AvgIpc) is 3.14. The third kappa shape index (κ3) is 1.37. The Hall–Kier alpha value is -1.88. The van der Waals surface area contributed by atoms with E-state index in [1.807, 2.05) is 6.07 Å². The second-order valence-electron chi connectivity index (χ2n) is 4.63. The van der Waals surface area contributed by atoms with E-state index in [1.54, 1.807) is 12.1 Å². The van der Waals surface area contributed by atoms with Crippen LogP contribution in [0.3, 0.4) is 0 Å². The number of rotatable bonds is 3. The van der Waals surface area contributed by atoms with Crippen LogP contribution in [0.2, 0.25) is 0 Å². The zero-order valence-corrected chi connectivity index (χ0v) is 10.1. The van der Waals surface area contributed by atoms with Crippen molar-refractivity contribution in [3.05, 3.63) is 23.8 Å². The molecule has 3 rings (SSSR count). The Morgan fingerprint density at radius 3 is 2.56 bits per heavy atom. The van der Waals surface area contributed by atoms with E-state index in [1.165, 1.54) is 12.0 Å². The highest BCUT2D eigenvalue weighted by atomic mass is 16.5. The summed E-state index contributed by atoms with van der Waals surface area (Å²) in [5.41, 5.74) is 6.94. The summed E-state index contributed by atoms with van der Waals surface area (Å²) in [4.78, 5) is 25.5. The molecule has 1 saturated heterocycles. The number of fused-ring (bicyclic) bond motifs is 1. The standard InChI is InChI=1S/C13H14N2O3/c1-18-10-4-2-3-7(6-14)11(10)15-12(16)8-5-9(8)13(15)17/h2-4,8-9H,5-6,14H2,1H3. The molecule has 1 aliphatic heterocycles. The van der Waals surface area contributed by atoms with Crippen LogP contribution in [-0.2, 0) is 16.1 Å². The smallest absolute Gasteiger partial charge is 0.237 e. The van der Waals surface area contributed by atoms with Gasteiger partial charge < -0.3 is 10.5 Å². The van der Waals surface area contributed by atoms with Gasteiger partial charge in [0.15, 0.2) is 0 Å². The van der Waals surface area contributed by atoms with Crippen LogP contribution in [0.4, 0.5) is 5.69 Å². The van der Waals surface area contributed by atoms with Crippen molar-refractivity contribution >= 4 is 17.5 Å². The van der Waals surface area contributed by atoms with Gasteiger partial charge in [0.1, 0.15) is 5.75 Å². The van der Waals surface area contributed by atoms with Gasteiger partial charge in [-0.15, -0.1) is 0 Å². The van der Waals surface area contributed by atoms with Crippen molar-refractivity contribution in [3.63, 3.8) is 0 Å². The molecule has 0 spiro atoms. The lowest BCUT2D eigenvalue weighted by molar-refractivity contribution is -0.123. The molecule has 1 aromatic carbocycles. The number of hydrogen-bond acceptors (Lipinski definition) is 4. The van der Waals surface area contributed by atoms with Gasteiger partial charge in [0.05, 0.1) is 24.6 Å². The number of nitrogens with two attached hydrogens (primary N) is 1. The zero-order chi connectivity index (χ0) is 12.9. The molecule has 2 aliphatic rings. The maximum Gasteiger partial charge on any atom is 0.237 e. The summed E-state index contributed by atoms with van der Waals surface area (Å²) >= 11 is 0. The van der Waals surface area contributed by atoms with Gasteiger partial charge in [-0.1, -0.05) is 12.1 Å². The quantitative estimate of drug-likeness (QED) is 0.795. The van der Waals surface area contributed by atoms with Gasteiger partial charge in [0.2, 0.25) is 11.8 Å². The van der Waals surface area contributed by atoms with E-state index in [9.17, 15) is 9.59 Å². The van der Waals surface area contributed by atoms with Gasteiger partial charge in [-0.05, 0) is 18.1 Å². The van der Waals surface area contributed by atoms with Crippen molar-refractivity contribution in [2.45, 2.75) is 13.0 Å². The third-order valence-corrected chi connectivity index (χ3v) is 3.61. The molecule has 5 nitrogen and oxygen atoms in total. The largest absolute Gasteiger partial charge is 0.495 e. The highest BCUT2D eigenvalue weighted by Gasteiger charge is 2.59. The van der Waals surface area contributed by atoms with E-state index in [2.05, 4.69) is 0 Å². The number of para-hydroxylation sites is 1. The lowest BCUT2D eigenvalue weighted by Gasteiger charge is -2.22. The number of ether oxygens (including phenoxy) is 1. The SMILES string of the molecule is COc1cccc(CN)c1N1C(=O)C2CC2C1=O. The van der Waals surface area contributed by atoms with Crippen molar-refractivity contribution in [1.82, 2.24) is 0 Å². The number of nitrogens with zero attached hydrogens (tertiary/aromatic N) is 1. The normalized spacial score (nSPS) is 25.3. The molecule has 2 amide bonds. The lowest BCUT2D eigenvalue weighted by Crippen LogP contribution is -2.34. The fraction of sp³-hybridized carbons (Fsp3) is 0.385. The Kier molecular flexibility index (Phi) is 2.38. The molecule has 0 bridgehead atoms. The fourth-order valence-electron chi connectivity index (χ4n) is 2.55. The highest BCUT2D eigenvalue weighted by molar-refractivity contribution is 6.25. The summed E-state index contributed by atoms with van der Waals surface area (Å²) in [6.07, 6.45) is 0.696. The molecule has 0 aromatic heterocycles. The predicted molar refractivity (Wildman–Crippen MR) is 65.0 cm³/mol. The second-order valence-corrected chi connectivity index (χ2v) is 4.63. The number of anilines is 1. The van der Waals surface area contributed by atoms with Gasteiger partial charge in [-0.3, -0.25) is 9.59 Å². The van der Waals surface area contributed by atoms with Crippen LogP contribution in [0.5, 0.6) is 5.75 Å². The number of imide groups is 1. The summed E-state index contributed by atoms with van der Waals surface area (Å²) in [6.45, 7) is 0.263. The number of carbonyl (C=O) groups excluding carboxylic acids is 2. The molecule has 94 valence electrons. The Labute approximate surface area is 105 Å². The minimum atomic E-state index is -0.121. The van der Waals surface area contributed by atoms with Crippen molar-refractivity contribution in [2.24, 2.45) is 17.6 Å². The second kappa shape index (κ2) is 3.81. The van der Waals surface area contributed by atoms with Gasteiger partial charge in [0, 0.05) is 6.54 Å². The molecule has 1 saturated carbocycles. The van der Waals surface area contributed by atoms with E-state index in [0.717, 1.165) is 5.56 Å². The van der Waals surface area contributed by atoms with Crippen LogP contribution < -0.4 is 15.4 Å². The van der Waals surface area contributed by atoms with Crippen LogP contribution in [0.25, 0.3) is 0 Å². The molecule has 1 heterocycles. The first-order valence-corrected chi connectivity index (χ1v) is 5.92. The number of piperidine rings is 1. The van der Waals surface area contributed by atoms with Crippen LogP contribution >= 0.6 is 0 Å². The number of benzene rings is 1. The molecule has 1 aromatic rings. The van der Waals surface area contributed by atoms with Crippen LogP contribution in [0.15, 0.2) is 18.2 Å². The number of amides is 2. The van der Waals surface area contributed by atoms with Gasteiger partial charge >= 0.3 is 0 Å². The zero-order valence-electron chi connectivity index (χ0n) is 10.1. The summed E-state index contributed by atoms with van der Waals surface area (Å²) < 4.78 is 5.25. The van der Waals surface area contributed by atoms with Gasteiger partial charge in [0.25, 0.3) is 0 Å². The van der Waals surface area contributed by atoms with Gasteiger partial charge in [-0.25, -0.2) is 4.90 Å². The van der Waals surface area contributed by atoms with Crippen molar-refractivity contribution in [1.29, 1.82) is 0 Å². The maximum absolute atomic E-state index is 12.1. The first kappa shape index (κ1) is 11.2. The molecular formula is C13H14N2O3. The number of hydrogen-bond donors (Lipinski definition) is 1. The van der Waals surface area contributed by atoms with Gasteiger partial charge in [-0.2, -0.15) is 0 Å². The van der Waals surface area contributed by atoms with E-state index < -0.39 is 0 Å². The Morgan fingerprint density at radius 2 is 2.00 bits per heavy atom.